The van der Waals surface area contributed by atoms with Crippen molar-refractivity contribution in [3.05, 3.63) is 30.1 Å². The van der Waals surface area contributed by atoms with Crippen LogP contribution in [0.2, 0.25) is 0 Å². The zero-order chi connectivity index (χ0) is 18.8. The van der Waals surface area contributed by atoms with E-state index in [2.05, 4.69) is 15.3 Å². The zero-order valence-corrected chi connectivity index (χ0v) is 14.4. The van der Waals surface area contributed by atoms with Gasteiger partial charge in [-0.2, -0.15) is 4.98 Å². The second-order valence-corrected chi connectivity index (χ2v) is 6.08. The number of nitrogens with one attached hydrogen (secondary N) is 1. The Morgan fingerprint density at radius 1 is 1.42 bits per heavy atom. The van der Waals surface area contributed by atoms with Crippen LogP contribution in [0.1, 0.15) is 6.92 Å². The fraction of sp³-hybridized carbons (Fsp3) is 0.353. The summed E-state index contributed by atoms with van der Waals surface area (Å²) in [4.78, 5) is 21.9. The van der Waals surface area contributed by atoms with Gasteiger partial charge in [-0.25, -0.2) is 14.2 Å². The van der Waals surface area contributed by atoms with E-state index in [4.69, 9.17) is 10.5 Å². The Morgan fingerprint density at radius 2 is 2.19 bits per heavy atom. The van der Waals surface area contributed by atoms with E-state index in [-0.39, 0.29) is 24.9 Å². The molecule has 3 rings (SSSR count). The van der Waals surface area contributed by atoms with Crippen molar-refractivity contribution in [2.24, 2.45) is 0 Å². The number of ether oxygens (including phenoxy) is 1. The molecule has 2 aromatic rings. The van der Waals surface area contributed by atoms with E-state index < -0.39 is 17.9 Å². The molecule has 0 unspecified atom stereocenters. The van der Waals surface area contributed by atoms with Crippen LogP contribution in [0.25, 0.3) is 11.3 Å². The van der Waals surface area contributed by atoms with E-state index in [0.717, 1.165) is 0 Å². The van der Waals surface area contributed by atoms with Crippen LogP contribution in [0.5, 0.6) is 0 Å². The number of rotatable bonds is 4. The van der Waals surface area contributed by atoms with Gasteiger partial charge in [-0.3, -0.25) is 0 Å². The van der Waals surface area contributed by atoms with Crippen molar-refractivity contribution < 1.29 is 19.0 Å². The first-order valence-electron chi connectivity index (χ1n) is 8.12. The molecule has 1 saturated heterocycles. The fourth-order valence-electron chi connectivity index (χ4n) is 2.75. The third kappa shape index (κ3) is 3.52. The van der Waals surface area contributed by atoms with Crippen molar-refractivity contribution >= 4 is 23.4 Å². The van der Waals surface area contributed by atoms with Crippen molar-refractivity contribution in [1.82, 2.24) is 9.97 Å². The molecule has 1 aliphatic heterocycles. The van der Waals surface area contributed by atoms with Crippen molar-refractivity contribution in [1.29, 1.82) is 0 Å². The maximum atomic E-state index is 13.8. The quantitative estimate of drug-likeness (QED) is 0.704. The van der Waals surface area contributed by atoms with Crippen LogP contribution in [-0.2, 0) is 9.53 Å². The standard InChI is InChI=1S/C17H20FN5O3/c1-9-8-26-14(16(24)25)7-23(9)15-6-13(21-17(20-2)22-15)10-3-4-12(19)11(18)5-10/h3-6,9,14H,7-8,19H2,1-2H3,(H,24,25)(H,20,21,22)/t9-,14+/m1/s1. The molecule has 0 spiro atoms. The highest BCUT2D eigenvalue weighted by atomic mass is 19.1. The summed E-state index contributed by atoms with van der Waals surface area (Å²) in [6, 6.07) is 6.09. The van der Waals surface area contributed by atoms with Gasteiger partial charge in [-0.05, 0) is 19.1 Å². The molecule has 26 heavy (non-hydrogen) atoms. The first-order valence-corrected chi connectivity index (χ1v) is 8.12. The first-order chi connectivity index (χ1) is 12.4. The lowest BCUT2D eigenvalue weighted by molar-refractivity contribution is -0.151. The predicted octanol–water partition coefficient (Wildman–Crippen LogP) is 1.58. The van der Waals surface area contributed by atoms with Gasteiger partial charge >= 0.3 is 5.97 Å². The zero-order valence-electron chi connectivity index (χ0n) is 14.4. The molecular formula is C17H20FN5O3. The molecule has 2 heterocycles. The van der Waals surface area contributed by atoms with E-state index in [9.17, 15) is 14.3 Å². The SMILES string of the molecule is CNc1nc(-c2ccc(N)c(F)c2)cc(N2C[C@@H](C(=O)O)OC[C@H]2C)n1. The van der Waals surface area contributed by atoms with Crippen LogP contribution in [-0.4, -0.2) is 53.4 Å². The summed E-state index contributed by atoms with van der Waals surface area (Å²) in [7, 11) is 1.68. The summed E-state index contributed by atoms with van der Waals surface area (Å²) in [5, 5.41) is 12.1. The minimum atomic E-state index is -1.02. The van der Waals surface area contributed by atoms with Gasteiger partial charge in [0, 0.05) is 18.7 Å². The van der Waals surface area contributed by atoms with Crippen LogP contribution < -0.4 is 16.0 Å². The topological polar surface area (TPSA) is 114 Å². The van der Waals surface area contributed by atoms with E-state index in [0.29, 0.717) is 23.0 Å². The molecule has 0 radical (unpaired) electrons. The molecule has 0 saturated carbocycles. The summed E-state index contributed by atoms with van der Waals surface area (Å²) in [5.41, 5.74) is 6.64. The molecular weight excluding hydrogens is 341 g/mol. The molecule has 138 valence electrons. The molecule has 9 heteroatoms. The molecule has 0 bridgehead atoms. The summed E-state index contributed by atoms with van der Waals surface area (Å²) in [6.07, 6.45) is -0.934. The highest BCUT2D eigenvalue weighted by Gasteiger charge is 2.31. The first kappa shape index (κ1) is 17.9. The average molecular weight is 361 g/mol. The molecule has 0 aliphatic carbocycles. The number of aromatic nitrogens is 2. The van der Waals surface area contributed by atoms with Crippen molar-refractivity contribution in [2.75, 3.05) is 36.1 Å². The molecule has 1 aromatic heterocycles. The lowest BCUT2D eigenvalue weighted by Crippen LogP contribution is -2.51. The Hall–Kier alpha value is -2.94. The summed E-state index contributed by atoms with van der Waals surface area (Å²) >= 11 is 0. The Labute approximate surface area is 149 Å². The number of nitrogen functional groups attached to an aromatic ring is 1. The molecule has 0 amide bonds. The van der Waals surface area contributed by atoms with Crippen LogP contribution in [0.4, 0.5) is 21.8 Å². The number of halogens is 1. The lowest BCUT2D eigenvalue weighted by atomic mass is 10.1. The van der Waals surface area contributed by atoms with Crippen LogP contribution >= 0.6 is 0 Å². The van der Waals surface area contributed by atoms with Crippen molar-refractivity contribution in [3.63, 3.8) is 0 Å². The Kier molecular flexibility index (Phi) is 4.90. The lowest BCUT2D eigenvalue weighted by Gasteiger charge is -2.37. The van der Waals surface area contributed by atoms with Gasteiger partial charge in [0.15, 0.2) is 6.10 Å². The van der Waals surface area contributed by atoms with Gasteiger partial charge in [0.1, 0.15) is 11.6 Å². The van der Waals surface area contributed by atoms with E-state index in [1.807, 2.05) is 11.8 Å². The number of hydrogen-bond donors (Lipinski definition) is 3. The summed E-state index contributed by atoms with van der Waals surface area (Å²) < 4.78 is 19.2. The smallest absolute Gasteiger partial charge is 0.334 e. The minimum absolute atomic E-state index is 0.0583. The largest absolute Gasteiger partial charge is 0.479 e. The maximum Gasteiger partial charge on any atom is 0.334 e. The minimum Gasteiger partial charge on any atom is -0.479 e. The Balaban J connectivity index is 2.01. The second kappa shape index (κ2) is 7.12. The normalized spacial score (nSPS) is 20.0. The highest BCUT2D eigenvalue weighted by molar-refractivity contribution is 5.74. The van der Waals surface area contributed by atoms with Crippen LogP contribution in [0.3, 0.4) is 0 Å². The number of carboxylic acid groups (broad SMARTS) is 1. The third-order valence-electron chi connectivity index (χ3n) is 4.24. The summed E-state index contributed by atoms with van der Waals surface area (Å²) in [5.74, 6) is -0.663. The number of nitrogens with zero attached hydrogens (tertiary/aromatic N) is 3. The number of anilines is 3. The highest BCUT2D eigenvalue weighted by Crippen LogP contribution is 2.28. The van der Waals surface area contributed by atoms with Gasteiger partial charge in [0.2, 0.25) is 5.95 Å². The number of nitrogens with two attached hydrogens (primary N) is 1. The Bertz CT molecular complexity index is 832. The monoisotopic (exact) mass is 361 g/mol. The predicted molar refractivity (Wildman–Crippen MR) is 95.6 cm³/mol. The van der Waals surface area contributed by atoms with Crippen LogP contribution in [0, 0.1) is 5.82 Å². The molecule has 1 aliphatic rings. The van der Waals surface area contributed by atoms with Gasteiger partial charge < -0.3 is 25.8 Å². The molecule has 2 atom stereocenters. The number of carboxylic acids is 1. The number of hydrogen-bond acceptors (Lipinski definition) is 7. The maximum absolute atomic E-state index is 13.8. The molecule has 8 nitrogen and oxygen atoms in total. The molecule has 4 N–H and O–H groups in total. The van der Waals surface area contributed by atoms with Gasteiger partial charge in [0.05, 0.1) is 30.6 Å². The molecule has 1 fully saturated rings. The number of benzene rings is 1. The average Bonchev–Trinajstić information content (AvgIpc) is 2.63. The van der Waals surface area contributed by atoms with Crippen LogP contribution in [0.15, 0.2) is 24.3 Å². The van der Waals surface area contributed by atoms with E-state index in [1.165, 1.54) is 12.1 Å². The van der Waals surface area contributed by atoms with E-state index >= 15 is 0 Å². The number of morpholine rings is 1. The Morgan fingerprint density at radius 3 is 2.85 bits per heavy atom. The fourth-order valence-corrected chi connectivity index (χ4v) is 2.75. The summed E-state index contributed by atoms with van der Waals surface area (Å²) in [6.45, 7) is 2.34. The van der Waals surface area contributed by atoms with Gasteiger partial charge in [-0.1, -0.05) is 6.07 Å². The van der Waals surface area contributed by atoms with E-state index in [1.54, 1.807) is 19.2 Å². The third-order valence-corrected chi connectivity index (χ3v) is 4.24. The van der Waals surface area contributed by atoms with Crippen molar-refractivity contribution in [2.45, 2.75) is 19.1 Å². The number of aliphatic carboxylic acids is 1. The molecule has 1 aromatic carbocycles. The number of carbonyl (C=O) groups is 1. The van der Waals surface area contributed by atoms with Gasteiger partial charge in [-0.15, -0.1) is 0 Å². The van der Waals surface area contributed by atoms with Crippen molar-refractivity contribution in [3.8, 4) is 11.3 Å². The second-order valence-electron chi connectivity index (χ2n) is 6.08. The van der Waals surface area contributed by atoms with Gasteiger partial charge in [0.25, 0.3) is 0 Å².